The van der Waals surface area contributed by atoms with Crippen molar-refractivity contribution in [3.05, 3.63) is 65.3 Å². The Morgan fingerprint density at radius 3 is 2.73 bits per heavy atom. The number of carbonyl (C=O) groups is 1. The molecule has 1 fully saturated rings. The Bertz CT molecular complexity index is 914. The second kappa shape index (κ2) is 7.42. The van der Waals surface area contributed by atoms with Crippen molar-refractivity contribution in [3.63, 3.8) is 0 Å². The lowest BCUT2D eigenvalue weighted by molar-refractivity contribution is 0.242. The Morgan fingerprint density at radius 2 is 1.92 bits per heavy atom. The maximum absolute atomic E-state index is 12.7. The third kappa shape index (κ3) is 3.56. The number of hydrogen-bond acceptors (Lipinski definition) is 1. The molecule has 1 heterocycles. The van der Waals surface area contributed by atoms with E-state index in [2.05, 4.69) is 15.6 Å². The van der Waals surface area contributed by atoms with E-state index in [1.54, 1.807) is 0 Å². The number of amides is 2. The van der Waals surface area contributed by atoms with E-state index in [-0.39, 0.29) is 12.1 Å². The topological polar surface area (TPSA) is 56.9 Å². The van der Waals surface area contributed by atoms with E-state index in [0.717, 1.165) is 35.0 Å². The van der Waals surface area contributed by atoms with E-state index in [1.807, 2.05) is 54.7 Å². The molecule has 1 aromatic heterocycles. The SMILES string of the molecule is O=C(Nc1cccc2cc[nH]c12)NC(c1cccc(Cl)c1)C1CCCC1. The highest BCUT2D eigenvalue weighted by Crippen LogP contribution is 2.36. The number of para-hydroxylation sites is 1. The van der Waals surface area contributed by atoms with Gasteiger partial charge in [0.2, 0.25) is 0 Å². The fourth-order valence-corrected chi connectivity index (χ4v) is 4.15. The number of benzene rings is 2. The number of urea groups is 1. The molecular weight excluding hydrogens is 346 g/mol. The molecule has 0 radical (unpaired) electrons. The Kier molecular flexibility index (Phi) is 4.85. The second-order valence-electron chi connectivity index (χ2n) is 6.92. The average Bonchev–Trinajstić information content (AvgIpc) is 3.32. The maximum atomic E-state index is 12.7. The number of aromatic amines is 1. The second-order valence-corrected chi connectivity index (χ2v) is 7.36. The van der Waals surface area contributed by atoms with E-state index in [1.165, 1.54) is 12.8 Å². The Balaban J connectivity index is 1.55. The van der Waals surface area contributed by atoms with Crippen LogP contribution in [0.15, 0.2) is 54.7 Å². The van der Waals surface area contributed by atoms with Gasteiger partial charge < -0.3 is 15.6 Å². The van der Waals surface area contributed by atoms with Crippen molar-refractivity contribution in [2.24, 2.45) is 5.92 Å². The van der Waals surface area contributed by atoms with Gasteiger partial charge in [0.25, 0.3) is 0 Å². The molecule has 3 N–H and O–H groups in total. The van der Waals surface area contributed by atoms with Crippen molar-refractivity contribution in [1.82, 2.24) is 10.3 Å². The zero-order valence-electron chi connectivity index (χ0n) is 14.5. The molecule has 1 unspecified atom stereocenters. The molecule has 0 spiro atoms. The number of carbonyl (C=O) groups excluding carboxylic acids is 1. The largest absolute Gasteiger partial charge is 0.359 e. The molecule has 0 bridgehead atoms. The van der Waals surface area contributed by atoms with Crippen LogP contribution in [0.3, 0.4) is 0 Å². The lowest BCUT2D eigenvalue weighted by Crippen LogP contribution is -2.36. The molecule has 1 saturated carbocycles. The molecule has 4 rings (SSSR count). The predicted octanol–water partition coefficient (Wildman–Crippen LogP) is 5.87. The van der Waals surface area contributed by atoms with Crippen molar-refractivity contribution in [2.75, 3.05) is 5.32 Å². The average molecular weight is 368 g/mol. The van der Waals surface area contributed by atoms with Gasteiger partial charge in [-0.15, -0.1) is 0 Å². The van der Waals surface area contributed by atoms with Crippen molar-refractivity contribution in [2.45, 2.75) is 31.7 Å². The van der Waals surface area contributed by atoms with E-state index in [0.29, 0.717) is 10.9 Å². The molecule has 0 aliphatic heterocycles. The summed E-state index contributed by atoms with van der Waals surface area (Å²) in [6, 6.07) is 15.4. The van der Waals surface area contributed by atoms with Crippen LogP contribution in [0, 0.1) is 5.92 Å². The number of hydrogen-bond donors (Lipinski definition) is 3. The Labute approximate surface area is 157 Å². The van der Waals surface area contributed by atoms with Gasteiger partial charge >= 0.3 is 6.03 Å². The van der Waals surface area contributed by atoms with Crippen molar-refractivity contribution in [3.8, 4) is 0 Å². The summed E-state index contributed by atoms with van der Waals surface area (Å²) < 4.78 is 0. The van der Waals surface area contributed by atoms with Crippen LogP contribution in [0.5, 0.6) is 0 Å². The molecule has 0 saturated heterocycles. The lowest BCUT2D eigenvalue weighted by atomic mass is 9.92. The number of anilines is 1. The van der Waals surface area contributed by atoms with Gasteiger partial charge in [0, 0.05) is 16.6 Å². The normalized spacial score (nSPS) is 15.9. The van der Waals surface area contributed by atoms with Crippen molar-refractivity contribution >= 4 is 34.2 Å². The summed E-state index contributed by atoms with van der Waals surface area (Å²) >= 11 is 6.18. The molecule has 1 atom stereocenters. The Morgan fingerprint density at radius 1 is 1.12 bits per heavy atom. The zero-order chi connectivity index (χ0) is 17.9. The molecule has 26 heavy (non-hydrogen) atoms. The summed E-state index contributed by atoms with van der Waals surface area (Å²) in [7, 11) is 0. The van der Waals surface area contributed by atoms with Gasteiger partial charge in [0.15, 0.2) is 0 Å². The van der Waals surface area contributed by atoms with Gasteiger partial charge in [-0.05, 0) is 48.6 Å². The monoisotopic (exact) mass is 367 g/mol. The highest BCUT2D eigenvalue weighted by molar-refractivity contribution is 6.30. The number of fused-ring (bicyclic) bond motifs is 1. The number of aromatic nitrogens is 1. The zero-order valence-corrected chi connectivity index (χ0v) is 15.2. The van der Waals surface area contributed by atoms with Crippen molar-refractivity contribution < 1.29 is 4.79 Å². The molecule has 1 aliphatic carbocycles. The summed E-state index contributed by atoms with van der Waals surface area (Å²) in [4.78, 5) is 15.9. The van der Waals surface area contributed by atoms with Gasteiger partial charge in [0.1, 0.15) is 0 Å². The first-order valence-electron chi connectivity index (χ1n) is 9.10. The van der Waals surface area contributed by atoms with Crippen LogP contribution in [0.1, 0.15) is 37.3 Å². The molecule has 1 aliphatic rings. The smallest absolute Gasteiger partial charge is 0.319 e. The minimum absolute atomic E-state index is 0.0287. The lowest BCUT2D eigenvalue weighted by Gasteiger charge is -2.25. The maximum Gasteiger partial charge on any atom is 0.319 e. The molecule has 2 amide bonds. The molecular formula is C21H22ClN3O. The predicted molar refractivity (Wildman–Crippen MR) is 107 cm³/mol. The summed E-state index contributed by atoms with van der Waals surface area (Å²) in [5, 5.41) is 7.95. The van der Waals surface area contributed by atoms with Crippen molar-refractivity contribution in [1.29, 1.82) is 0 Å². The first-order valence-corrected chi connectivity index (χ1v) is 9.47. The summed E-state index contributed by atoms with van der Waals surface area (Å²) in [6.07, 6.45) is 6.56. The van der Waals surface area contributed by atoms with Crippen LogP contribution >= 0.6 is 11.6 Å². The number of nitrogens with one attached hydrogen (secondary N) is 3. The fourth-order valence-electron chi connectivity index (χ4n) is 3.95. The van der Waals surface area contributed by atoms with Gasteiger partial charge in [-0.25, -0.2) is 4.79 Å². The third-order valence-electron chi connectivity index (χ3n) is 5.20. The summed E-state index contributed by atoms with van der Waals surface area (Å²) in [5.41, 5.74) is 2.78. The molecule has 4 nitrogen and oxygen atoms in total. The van der Waals surface area contributed by atoms with Gasteiger partial charge in [-0.2, -0.15) is 0 Å². The van der Waals surface area contributed by atoms with Gasteiger partial charge in [0.05, 0.1) is 17.2 Å². The molecule has 134 valence electrons. The van der Waals surface area contributed by atoms with Crippen LogP contribution in [0.2, 0.25) is 5.02 Å². The molecule has 3 aromatic rings. The summed E-state index contributed by atoms with van der Waals surface area (Å²) in [5.74, 6) is 0.445. The minimum Gasteiger partial charge on any atom is -0.359 e. The van der Waals surface area contributed by atoms with E-state index in [9.17, 15) is 4.79 Å². The van der Waals surface area contributed by atoms with Crippen LogP contribution in [-0.2, 0) is 0 Å². The first-order chi connectivity index (χ1) is 12.7. The van der Waals surface area contributed by atoms with Gasteiger partial charge in [-0.1, -0.05) is 48.7 Å². The van der Waals surface area contributed by atoms with E-state index >= 15 is 0 Å². The van der Waals surface area contributed by atoms with E-state index in [4.69, 9.17) is 11.6 Å². The standard InChI is InChI=1S/C21H22ClN3O/c22-17-9-3-8-16(13-17)19(14-5-1-2-6-14)25-21(26)24-18-10-4-7-15-11-12-23-20(15)18/h3-4,7-14,19,23H,1-2,5-6H2,(H2,24,25,26). The third-order valence-corrected chi connectivity index (χ3v) is 5.44. The van der Waals surface area contributed by atoms with Crippen LogP contribution in [0.4, 0.5) is 10.5 Å². The molecule has 2 aromatic carbocycles. The quantitative estimate of drug-likeness (QED) is 0.530. The first kappa shape index (κ1) is 17.0. The van der Waals surface area contributed by atoms with Crippen LogP contribution in [0.25, 0.3) is 10.9 Å². The summed E-state index contributed by atoms with van der Waals surface area (Å²) in [6.45, 7) is 0. The number of rotatable bonds is 4. The van der Waals surface area contributed by atoms with Gasteiger partial charge in [-0.3, -0.25) is 0 Å². The highest BCUT2D eigenvalue weighted by atomic mass is 35.5. The Hall–Kier alpha value is -2.46. The number of H-pyrrole nitrogens is 1. The minimum atomic E-state index is -0.191. The number of halogens is 1. The molecule has 5 heteroatoms. The van der Waals surface area contributed by atoms with Crippen LogP contribution in [-0.4, -0.2) is 11.0 Å². The van der Waals surface area contributed by atoms with E-state index < -0.39 is 0 Å². The van der Waals surface area contributed by atoms with Crippen LogP contribution < -0.4 is 10.6 Å². The fraction of sp³-hybridized carbons (Fsp3) is 0.286. The highest BCUT2D eigenvalue weighted by Gasteiger charge is 2.28.